The number of carbonyl (C=O) groups excluding carboxylic acids is 1. The lowest BCUT2D eigenvalue weighted by molar-refractivity contribution is -0.122. The zero-order chi connectivity index (χ0) is 16.6. The molecule has 3 atom stereocenters. The number of nitriles is 1. The number of hydrogen-bond donors (Lipinski definition) is 1. The normalized spacial score (nSPS) is 20.6. The fourth-order valence-corrected chi connectivity index (χ4v) is 2.92. The van der Waals surface area contributed by atoms with Gasteiger partial charge >= 0.3 is 0 Å². The van der Waals surface area contributed by atoms with Crippen LogP contribution in [0.4, 0.5) is 0 Å². The van der Waals surface area contributed by atoms with E-state index in [4.69, 9.17) is 23.2 Å². The molecule has 3 unspecified atom stereocenters. The largest absolute Gasteiger partial charge is 0.336 e. The van der Waals surface area contributed by atoms with Gasteiger partial charge in [-0.25, -0.2) is 0 Å². The second-order valence-electron chi connectivity index (χ2n) is 5.64. The Hall–Kier alpha value is -2.03. The first-order valence-corrected chi connectivity index (χ1v) is 7.88. The van der Waals surface area contributed by atoms with Crippen LogP contribution in [0, 0.1) is 17.2 Å². The van der Waals surface area contributed by atoms with Gasteiger partial charge in [0.25, 0.3) is 0 Å². The van der Waals surface area contributed by atoms with E-state index in [2.05, 4.69) is 16.5 Å². The smallest absolute Gasteiger partial charge is 0.225 e. The van der Waals surface area contributed by atoms with Gasteiger partial charge in [-0.15, -0.1) is 0 Å². The molecular formula is C16H14Cl2N4O. The van der Waals surface area contributed by atoms with E-state index in [-0.39, 0.29) is 17.7 Å². The Balaban J connectivity index is 1.67. The summed E-state index contributed by atoms with van der Waals surface area (Å²) in [5.41, 5.74) is 1.67. The molecule has 1 aromatic heterocycles. The van der Waals surface area contributed by atoms with Crippen molar-refractivity contribution >= 4 is 29.1 Å². The predicted molar refractivity (Wildman–Crippen MR) is 87.0 cm³/mol. The van der Waals surface area contributed by atoms with E-state index in [0.29, 0.717) is 15.6 Å². The molecule has 1 aliphatic rings. The van der Waals surface area contributed by atoms with Gasteiger partial charge in [-0.1, -0.05) is 29.3 Å². The van der Waals surface area contributed by atoms with Gasteiger partial charge in [0.2, 0.25) is 5.91 Å². The summed E-state index contributed by atoms with van der Waals surface area (Å²) in [4.78, 5) is 12.3. The Kier molecular flexibility index (Phi) is 4.29. The van der Waals surface area contributed by atoms with E-state index >= 15 is 0 Å². The van der Waals surface area contributed by atoms with Crippen molar-refractivity contribution in [2.75, 3.05) is 0 Å². The third kappa shape index (κ3) is 3.34. The Labute approximate surface area is 143 Å². The maximum Gasteiger partial charge on any atom is 0.225 e. The lowest BCUT2D eigenvalue weighted by atomic mass is 10.1. The van der Waals surface area contributed by atoms with Crippen molar-refractivity contribution in [3.63, 3.8) is 0 Å². The minimum atomic E-state index is -0.743. The first-order chi connectivity index (χ1) is 11.0. The topological polar surface area (TPSA) is 70.7 Å². The van der Waals surface area contributed by atoms with Crippen molar-refractivity contribution in [3.8, 4) is 6.07 Å². The number of rotatable bonds is 4. The maximum absolute atomic E-state index is 12.3. The van der Waals surface area contributed by atoms with E-state index in [1.54, 1.807) is 29.1 Å². The number of hydrogen-bond acceptors (Lipinski definition) is 3. The highest BCUT2D eigenvalue weighted by Crippen LogP contribution is 2.47. The van der Waals surface area contributed by atoms with Crippen LogP contribution in [0.1, 0.15) is 29.5 Å². The molecule has 0 saturated heterocycles. The number of nitrogens with zero attached hydrogens (tertiary/aromatic N) is 3. The lowest BCUT2D eigenvalue weighted by Gasteiger charge is -2.12. The standard InChI is InChI=1S/C16H14Cl2N4O/c1-22-8-10(7-20-22)11-5-12(11)16(23)21-15(6-19)9-2-3-13(17)14(18)4-9/h2-4,7-8,11-12,15H,5H2,1H3,(H,21,23). The molecular weight excluding hydrogens is 335 g/mol. The van der Waals surface area contributed by atoms with Gasteiger partial charge in [0.05, 0.1) is 22.3 Å². The average Bonchev–Trinajstić information content (AvgIpc) is 3.22. The van der Waals surface area contributed by atoms with Crippen molar-refractivity contribution in [1.82, 2.24) is 15.1 Å². The van der Waals surface area contributed by atoms with E-state index in [1.165, 1.54) is 0 Å². The fourth-order valence-electron chi connectivity index (χ4n) is 2.62. The van der Waals surface area contributed by atoms with Crippen LogP contribution in [0.2, 0.25) is 10.0 Å². The number of carbonyl (C=O) groups is 1. The van der Waals surface area contributed by atoms with E-state index < -0.39 is 6.04 Å². The van der Waals surface area contributed by atoms with Crippen LogP contribution in [0.3, 0.4) is 0 Å². The van der Waals surface area contributed by atoms with Crippen molar-refractivity contribution < 1.29 is 4.79 Å². The van der Waals surface area contributed by atoms with Crippen LogP contribution in [-0.2, 0) is 11.8 Å². The van der Waals surface area contributed by atoms with E-state index in [1.807, 2.05) is 13.2 Å². The summed E-state index contributed by atoms with van der Waals surface area (Å²) in [7, 11) is 1.84. The first-order valence-electron chi connectivity index (χ1n) is 7.13. The Bertz CT molecular complexity index is 796. The molecule has 23 heavy (non-hydrogen) atoms. The van der Waals surface area contributed by atoms with Gasteiger partial charge in [-0.05, 0) is 35.6 Å². The van der Waals surface area contributed by atoms with E-state index in [9.17, 15) is 10.1 Å². The molecule has 1 N–H and O–H groups in total. The van der Waals surface area contributed by atoms with Crippen molar-refractivity contribution in [3.05, 3.63) is 51.8 Å². The number of aromatic nitrogens is 2. The highest BCUT2D eigenvalue weighted by Gasteiger charge is 2.45. The molecule has 0 radical (unpaired) electrons. The quantitative estimate of drug-likeness (QED) is 0.921. The summed E-state index contributed by atoms with van der Waals surface area (Å²) < 4.78 is 1.72. The minimum absolute atomic E-state index is 0.113. The zero-order valence-electron chi connectivity index (χ0n) is 12.3. The third-order valence-corrected chi connectivity index (χ3v) is 4.71. The maximum atomic E-state index is 12.3. The molecule has 2 aromatic rings. The average molecular weight is 349 g/mol. The van der Waals surface area contributed by atoms with Crippen molar-refractivity contribution in [1.29, 1.82) is 5.26 Å². The molecule has 1 amide bonds. The van der Waals surface area contributed by atoms with Gasteiger partial charge < -0.3 is 5.32 Å². The third-order valence-electron chi connectivity index (χ3n) is 3.97. The van der Waals surface area contributed by atoms with E-state index in [0.717, 1.165) is 12.0 Å². The van der Waals surface area contributed by atoms with Gasteiger partial charge in [0, 0.05) is 19.2 Å². The SMILES string of the molecule is Cn1cc(C2CC2C(=O)NC(C#N)c2ccc(Cl)c(Cl)c2)cn1. The van der Waals surface area contributed by atoms with Crippen LogP contribution in [0.5, 0.6) is 0 Å². The van der Waals surface area contributed by atoms with Gasteiger partial charge in [0.1, 0.15) is 6.04 Å². The van der Waals surface area contributed by atoms with Crippen LogP contribution < -0.4 is 5.32 Å². The molecule has 1 aliphatic carbocycles. The van der Waals surface area contributed by atoms with Crippen LogP contribution in [0.15, 0.2) is 30.6 Å². The summed E-state index contributed by atoms with van der Waals surface area (Å²) in [6.07, 6.45) is 4.47. The highest BCUT2D eigenvalue weighted by molar-refractivity contribution is 6.42. The number of halogens is 2. The highest BCUT2D eigenvalue weighted by atomic mass is 35.5. The Morgan fingerprint density at radius 1 is 1.48 bits per heavy atom. The summed E-state index contributed by atoms with van der Waals surface area (Å²) >= 11 is 11.8. The summed E-state index contributed by atoms with van der Waals surface area (Å²) in [5, 5.41) is 17.0. The molecule has 7 heteroatoms. The van der Waals surface area contributed by atoms with Gasteiger partial charge in [-0.2, -0.15) is 10.4 Å². The van der Waals surface area contributed by atoms with Crippen molar-refractivity contribution in [2.24, 2.45) is 13.0 Å². The van der Waals surface area contributed by atoms with Crippen molar-refractivity contribution in [2.45, 2.75) is 18.4 Å². The number of aryl methyl sites for hydroxylation is 1. The fraction of sp³-hybridized carbons (Fsp3) is 0.312. The molecule has 1 saturated carbocycles. The molecule has 0 spiro atoms. The molecule has 0 aliphatic heterocycles. The number of amides is 1. The molecule has 3 rings (SSSR count). The first kappa shape index (κ1) is 15.9. The summed E-state index contributed by atoms with van der Waals surface area (Å²) in [5.74, 6) is -0.0638. The zero-order valence-corrected chi connectivity index (χ0v) is 13.8. The molecule has 5 nitrogen and oxygen atoms in total. The second-order valence-corrected chi connectivity index (χ2v) is 6.45. The number of benzene rings is 1. The molecule has 118 valence electrons. The molecule has 1 heterocycles. The van der Waals surface area contributed by atoms with Gasteiger partial charge in [-0.3, -0.25) is 9.48 Å². The molecule has 1 aromatic carbocycles. The van der Waals surface area contributed by atoms with Crippen LogP contribution >= 0.6 is 23.2 Å². The monoisotopic (exact) mass is 348 g/mol. The second kappa shape index (κ2) is 6.23. The summed E-state index contributed by atoms with van der Waals surface area (Å²) in [6, 6.07) is 6.25. The van der Waals surface area contributed by atoms with Crippen LogP contribution in [-0.4, -0.2) is 15.7 Å². The predicted octanol–water partition coefficient (Wildman–Crippen LogP) is 3.21. The molecule has 1 fully saturated rings. The minimum Gasteiger partial charge on any atom is -0.336 e. The van der Waals surface area contributed by atoms with Gasteiger partial charge in [0.15, 0.2) is 0 Å². The lowest BCUT2D eigenvalue weighted by Crippen LogP contribution is -2.29. The Morgan fingerprint density at radius 3 is 2.87 bits per heavy atom. The number of nitrogens with one attached hydrogen (secondary N) is 1. The summed E-state index contributed by atoms with van der Waals surface area (Å²) in [6.45, 7) is 0. The van der Waals surface area contributed by atoms with Crippen LogP contribution in [0.25, 0.3) is 0 Å². The molecule has 0 bridgehead atoms. The Morgan fingerprint density at radius 2 is 2.26 bits per heavy atom.